The van der Waals surface area contributed by atoms with Gasteiger partial charge in [0.2, 0.25) is 0 Å². The molecule has 1 aliphatic heterocycles. The van der Waals surface area contributed by atoms with Gasteiger partial charge in [-0.3, -0.25) is 0 Å². The van der Waals surface area contributed by atoms with Gasteiger partial charge in [0.05, 0.1) is 0 Å². The minimum atomic E-state index is 0.704. The van der Waals surface area contributed by atoms with Gasteiger partial charge in [-0.25, -0.2) is 0 Å². The van der Waals surface area contributed by atoms with Crippen molar-refractivity contribution in [1.82, 2.24) is 5.32 Å². The second kappa shape index (κ2) is 8.37. The number of rotatable bonds is 7. The maximum Gasteiger partial charge on any atom is 0.0108 e. The summed E-state index contributed by atoms with van der Waals surface area (Å²) in [4.78, 5) is 0. The third-order valence-electron chi connectivity index (χ3n) is 4.32. The molecule has 106 valence electrons. The van der Waals surface area contributed by atoms with Gasteiger partial charge >= 0.3 is 0 Å². The lowest BCUT2D eigenvalue weighted by Gasteiger charge is -2.16. The van der Waals surface area contributed by atoms with Gasteiger partial charge in [-0.05, 0) is 36.9 Å². The van der Waals surface area contributed by atoms with Gasteiger partial charge < -0.3 is 5.32 Å². The van der Waals surface area contributed by atoms with E-state index in [1.807, 2.05) is 0 Å². The molecule has 1 atom stereocenters. The average molecular weight is 259 g/mol. The molecule has 1 N–H and O–H groups in total. The van der Waals surface area contributed by atoms with Crippen LogP contribution in [-0.2, 0) is 12.8 Å². The van der Waals surface area contributed by atoms with E-state index in [-0.39, 0.29) is 0 Å². The molecule has 0 bridgehead atoms. The molecule has 1 nitrogen and oxygen atoms in total. The molecule has 1 aromatic rings. The third-order valence-corrected chi connectivity index (χ3v) is 4.32. The molecular formula is C18H29N. The highest BCUT2D eigenvalue weighted by molar-refractivity contribution is 5.29. The van der Waals surface area contributed by atoms with Gasteiger partial charge in [-0.2, -0.15) is 0 Å². The minimum Gasteiger partial charge on any atom is -0.313 e. The topological polar surface area (TPSA) is 12.0 Å². The number of nitrogens with one attached hydrogen (secondary N) is 1. The van der Waals surface area contributed by atoms with Crippen LogP contribution < -0.4 is 5.32 Å². The SMILES string of the molecule is CCCCCCCC[C@H]1Cc2ccccc2CCN1. The summed E-state index contributed by atoms with van der Waals surface area (Å²) < 4.78 is 0. The van der Waals surface area contributed by atoms with E-state index < -0.39 is 0 Å². The standard InChI is InChI=1S/C18H29N/c1-2-3-4-5-6-7-12-18-15-17-11-9-8-10-16(17)13-14-19-18/h8-11,18-19H,2-7,12-15H2,1H3/t18-/m0/s1. The van der Waals surface area contributed by atoms with E-state index in [1.54, 1.807) is 11.1 Å². The second-order valence-electron chi connectivity index (χ2n) is 5.93. The number of hydrogen-bond donors (Lipinski definition) is 1. The zero-order valence-electron chi connectivity index (χ0n) is 12.5. The smallest absolute Gasteiger partial charge is 0.0108 e. The number of hydrogen-bond acceptors (Lipinski definition) is 1. The lowest BCUT2D eigenvalue weighted by atomic mass is 9.97. The van der Waals surface area contributed by atoms with E-state index in [0.717, 1.165) is 6.54 Å². The van der Waals surface area contributed by atoms with Crippen molar-refractivity contribution in [3.63, 3.8) is 0 Å². The minimum absolute atomic E-state index is 0.704. The Hall–Kier alpha value is -0.820. The average Bonchev–Trinajstić information content (AvgIpc) is 2.64. The summed E-state index contributed by atoms with van der Waals surface area (Å²) >= 11 is 0. The van der Waals surface area contributed by atoms with Crippen LogP contribution in [0.25, 0.3) is 0 Å². The van der Waals surface area contributed by atoms with E-state index in [9.17, 15) is 0 Å². The normalized spacial score (nSPS) is 18.9. The summed E-state index contributed by atoms with van der Waals surface area (Å²) in [6, 6.07) is 9.68. The Bertz CT molecular complexity index is 358. The van der Waals surface area contributed by atoms with Gasteiger partial charge in [-0.1, -0.05) is 69.7 Å². The fourth-order valence-electron chi connectivity index (χ4n) is 3.12. The molecular weight excluding hydrogens is 230 g/mol. The highest BCUT2D eigenvalue weighted by Crippen LogP contribution is 2.18. The van der Waals surface area contributed by atoms with E-state index in [2.05, 4.69) is 36.5 Å². The molecule has 0 spiro atoms. The number of fused-ring (bicyclic) bond motifs is 1. The predicted octanol–water partition coefficient (Wildman–Crippen LogP) is 4.49. The summed E-state index contributed by atoms with van der Waals surface area (Å²) in [7, 11) is 0. The first kappa shape index (κ1) is 14.6. The summed E-state index contributed by atoms with van der Waals surface area (Å²) in [6.45, 7) is 3.43. The van der Waals surface area contributed by atoms with Crippen molar-refractivity contribution >= 4 is 0 Å². The first-order valence-electron chi connectivity index (χ1n) is 8.20. The van der Waals surface area contributed by atoms with Crippen molar-refractivity contribution in [1.29, 1.82) is 0 Å². The van der Waals surface area contributed by atoms with Crippen LogP contribution in [0.5, 0.6) is 0 Å². The van der Waals surface area contributed by atoms with Crippen LogP contribution in [0.1, 0.15) is 63.0 Å². The van der Waals surface area contributed by atoms with E-state index in [1.165, 1.54) is 57.8 Å². The Labute approximate surface area is 118 Å². The maximum absolute atomic E-state index is 3.73. The predicted molar refractivity (Wildman–Crippen MR) is 83.6 cm³/mol. The summed E-state index contributed by atoms with van der Waals surface area (Å²) in [6.07, 6.45) is 12.2. The van der Waals surface area contributed by atoms with Crippen LogP contribution >= 0.6 is 0 Å². The van der Waals surface area contributed by atoms with Crippen LogP contribution in [0, 0.1) is 0 Å². The maximum atomic E-state index is 3.73. The van der Waals surface area contributed by atoms with Crippen molar-refractivity contribution in [3.05, 3.63) is 35.4 Å². The monoisotopic (exact) mass is 259 g/mol. The first-order chi connectivity index (χ1) is 9.40. The molecule has 19 heavy (non-hydrogen) atoms. The highest BCUT2D eigenvalue weighted by Gasteiger charge is 2.14. The van der Waals surface area contributed by atoms with E-state index >= 15 is 0 Å². The Balaban J connectivity index is 1.70. The lowest BCUT2D eigenvalue weighted by Crippen LogP contribution is -2.30. The molecule has 0 unspecified atom stereocenters. The quantitative estimate of drug-likeness (QED) is 0.711. The Kier molecular flexibility index (Phi) is 6.43. The molecule has 0 fully saturated rings. The van der Waals surface area contributed by atoms with Crippen LogP contribution in [0.4, 0.5) is 0 Å². The summed E-state index contributed by atoms with van der Waals surface area (Å²) in [5.74, 6) is 0. The zero-order valence-corrected chi connectivity index (χ0v) is 12.5. The summed E-state index contributed by atoms with van der Waals surface area (Å²) in [5, 5.41) is 3.73. The van der Waals surface area contributed by atoms with Crippen molar-refractivity contribution in [2.75, 3.05) is 6.54 Å². The lowest BCUT2D eigenvalue weighted by molar-refractivity contribution is 0.462. The van der Waals surface area contributed by atoms with Crippen molar-refractivity contribution in [2.45, 2.75) is 70.8 Å². The Morgan fingerprint density at radius 1 is 1.00 bits per heavy atom. The Morgan fingerprint density at radius 3 is 2.58 bits per heavy atom. The molecule has 0 radical (unpaired) electrons. The van der Waals surface area contributed by atoms with Crippen molar-refractivity contribution in [2.24, 2.45) is 0 Å². The summed E-state index contributed by atoms with van der Waals surface area (Å²) in [5.41, 5.74) is 3.13. The zero-order chi connectivity index (χ0) is 13.3. The molecule has 0 amide bonds. The van der Waals surface area contributed by atoms with Crippen LogP contribution in [0.15, 0.2) is 24.3 Å². The first-order valence-corrected chi connectivity index (χ1v) is 8.20. The Morgan fingerprint density at radius 2 is 1.74 bits per heavy atom. The van der Waals surface area contributed by atoms with E-state index in [0.29, 0.717) is 6.04 Å². The second-order valence-corrected chi connectivity index (χ2v) is 5.93. The number of benzene rings is 1. The molecule has 1 aliphatic rings. The molecule has 0 saturated carbocycles. The molecule has 0 aromatic heterocycles. The van der Waals surface area contributed by atoms with E-state index in [4.69, 9.17) is 0 Å². The molecule has 0 saturated heterocycles. The van der Waals surface area contributed by atoms with Crippen LogP contribution in [0.2, 0.25) is 0 Å². The van der Waals surface area contributed by atoms with Gasteiger partial charge in [0, 0.05) is 6.04 Å². The third kappa shape index (κ3) is 4.99. The van der Waals surface area contributed by atoms with Crippen LogP contribution in [-0.4, -0.2) is 12.6 Å². The van der Waals surface area contributed by atoms with Crippen LogP contribution in [0.3, 0.4) is 0 Å². The molecule has 0 aliphatic carbocycles. The van der Waals surface area contributed by atoms with Crippen molar-refractivity contribution < 1.29 is 0 Å². The largest absolute Gasteiger partial charge is 0.313 e. The van der Waals surface area contributed by atoms with Gasteiger partial charge in [0.15, 0.2) is 0 Å². The molecule has 1 heterocycles. The number of unbranched alkanes of at least 4 members (excludes halogenated alkanes) is 5. The molecule has 2 rings (SSSR count). The van der Waals surface area contributed by atoms with Gasteiger partial charge in [0.25, 0.3) is 0 Å². The highest BCUT2D eigenvalue weighted by atomic mass is 14.9. The van der Waals surface area contributed by atoms with Gasteiger partial charge in [0.1, 0.15) is 0 Å². The fourth-order valence-corrected chi connectivity index (χ4v) is 3.12. The fraction of sp³-hybridized carbons (Fsp3) is 0.667. The van der Waals surface area contributed by atoms with Gasteiger partial charge in [-0.15, -0.1) is 0 Å². The van der Waals surface area contributed by atoms with Crippen molar-refractivity contribution in [3.8, 4) is 0 Å². The molecule has 1 aromatic carbocycles. The molecule has 1 heteroatoms.